The Kier molecular flexibility index (Phi) is 4.81. The Morgan fingerprint density at radius 1 is 1.25 bits per heavy atom. The lowest BCUT2D eigenvalue weighted by Gasteiger charge is -2.28. The van der Waals surface area contributed by atoms with E-state index in [2.05, 4.69) is 5.32 Å². The van der Waals surface area contributed by atoms with Crippen LogP contribution in [0.1, 0.15) is 66.5 Å². The van der Waals surface area contributed by atoms with Gasteiger partial charge in [-0.05, 0) is 43.9 Å². The number of benzene rings is 1. The molecule has 4 rings (SSSR count). The summed E-state index contributed by atoms with van der Waals surface area (Å²) in [5.41, 5.74) is 1.49. The van der Waals surface area contributed by atoms with Gasteiger partial charge in [0.2, 0.25) is 0 Å². The van der Waals surface area contributed by atoms with Gasteiger partial charge in [-0.15, -0.1) is 0 Å². The molecule has 1 aromatic heterocycles. The summed E-state index contributed by atoms with van der Waals surface area (Å²) in [6, 6.07) is 4.64. The number of nitrogens with one attached hydrogen (secondary N) is 1. The van der Waals surface area contributed by atoms with E-state index in [-0.39, 0.29) is 11.6 Å². The lowest BCUT2D eigenvalue weighted by molar-refractivity contribution is -0.137. The van der Waals surface area contributed by atoms with Crippen molar-refractivity contribution in [2.45, 2.75) is 57.8 Å². The second kappa shape index (κ2) is 7.03. The van der Waals surface area contributed by atoms with Crippen molar-refractivity contribution in [1.29, 1.82) is 0 Å². The molecule has 1 fully saturated rings. The first kappa shape index (κ1) is 19.2. The predicted molar refractivity (Wildman–Crippen MR) is 100 cm³/mol. The molecule has 7 heteroatoms. The molecule has 0 saturated heterocycles. The van der Waals surface area contributed by atoms with Gasteiger partial charge in [0.1, 0.15) is 5.82 Å². The Bertz CT molecular complexity index is 930. The van der Waals surface area contributed by atoms with Gasteiger partial charge in [-0.3, -0.25) is 9.36 Å². The molecule has 0 bridgehead atoms. The van der Waals surface area contributed by atoms with Gasteiger partial charge in [-0.25, -0.2) is 4.98 Å². The molecule has 150 valence electrons. The van der Waals surface area contributed by atoms with Crippen LogP contribution in [0.3, 0.4) is 0 Å². The minimum atomic E-state index is -4.37. The van der Waals surface area contributed by atoms with Gasteiger partial charge in [0.15, 0.2) is 0 Å². The third-order valence-electron chi connectivity index (χ3n) is 5.88. The number of hydrogen-bond acceptors (Lipinski definition) is 3. The number of fused-ring (bicyclic) bond motifs is 1. The van der Waals surface area contributed by atoms with E-state index in [0.717, 1.165) is 42.8 Å². The first-order valence-electron chi connectivity index (χ1n) is 9.78. The maximum atomic E-state index is 13.4. The maximum absolute atomic E-state index is 13.4. The van der Waals surface area contributed by atoms with Gasteiger partial charge < -0.3 is 5.32 Å². The molecular formula is C21H24F3N3O. The summed E-state index contributed by atoms with van der Waals surface area (Å²) in [5, 5.41) is 3.46. The van der Waals surface area contributed by atoms with Crippen LogP contribution < -0.4 is 10.9 Å². The number of aryl methyl sites for hydroxylation is 1. The fourth-order valence-corrected chi connectivity index (χ4v) is 4.16. The normalized spacial score (nSPS) is 20.7. The number of aromatic nitrogens is 2. The molecule has 1 aliphatic carbocycles. The van der Waals surface area contributed by atoms with E-state index < -0.39 is 17.8 Å². The van der Waals surface area contributed by atoms with Crippen LogP contribution in [0.4, 0.5) is 13.2 Å². The highest BCUT2D eigenvalue weighted by atomic mass is 19.4. The van der Waals surface area contributed by atoms with Crippen LogP contribution in [0.15, 0.2) is 29.1 Å². The molecule has 0 spiro atoms. The lowest BCUT2D eigenvalue weighted by atomic mass is 9.95. The summed E-state index contributed by atoms with van der Waals surface area (Å²) >= 11 is 0. The van der Waals surface area contributed by atoms with Crippen molar-refractivity contribution in [3.63, 3.8) is 0 Å². The van der Waals surface area contributed by atoms with Crippen LogP contribution in [0.2, 0.25) is 0 Å². The first-order chi connectivity index (χ1) is 13.3. The molecule has 1 N–H and O–H groups in total. The molecular weight excluding hydrogens is 367 g/mol. The number of nitrogens with zero attached hydrogens (tertiary/aromatic N) is 2. The Balaban J connectivity index is 1.72. The maximum Gasteiger partial charge on any atom is 0.416 e. The first-order valence-corrected chi connectivity index (χ1v) is 9.78. The minimum absolute atomic E-state index is 0.0166. The van der Waals surface area contributed by atoms with Crippen molar-refractivity contribution >= 4 is 0 Å². The smallest absolute Gasteiger partial charge is 0.309 e. The largest absolute Gasteiger partial charge is 0.416 e. The van der Waals surface area contributed by atoms with Crippen molar-refractivity contribution in [3.05, 3.63) is 62.8 Å². The second-order valence-corrected chi connectivity index (χ2v) is 7.93. The average Bonchev–Trinajstić information content (AvgIpc) is 3.45. The predicted octanol–water partition coefficient (Wildman–Crippen LogP) is 4.17. The molecule has 0 amide bonds. The van der Waals surface area contributed by atoms with E-state index in [1.165, 1.54) is 25.0 Å². The van der Waals surface area contributed by atoms with Crippen molar-refractivity contribution in [1.82, 2.24) is 14.9 Å². The molecule has 2 aromatic rings. The van der Waals surface area contributed by atoms with E-state index in [0.29, 0.717) is 17.3 Å². The molecule has 2 unspecified atom stereocenters. The van der Waals surface area contributed by atoms with Gasteiger partial charge in [-0.1, -0.05) is 25.0 Å². The Morgan fingerprint density at radius 3 is 2.54 bits per heavy atom. The summed E-state index contributed by atoms with van der Waals surface area (Å²) in [6.07, 6.45) is -0.279. The zero-order valence-electron chi connectivity index (χ0n) is 16.0. The highest BCUT2D eigenvalue weighted by Crippen LogP contribution is 2.38. The van der Waals surface area contributed by atoms with Crippen LogP contribution in [-0.2, 0) is 12.6 Å². The van der Waals surface area contributed by atoms with E-state index >= 15 is 0 Å². The van der Waals surface area contributed by atoms with Gasteiger partial charge in [0.25, 0.3) is 5.56 Å². The fourth-order valence-electron chi connectivity index (χ4n) is 4.16. The minimum Gasteiger partial charge on any atom is -0.309 e. The van der Waals surface area contributed by atoms with Crippen LogP contribution in [0, 0.1) is 12.8 Å². The Hall–Kier alpha value is -2.15. The molecule has 2 atom stereocenters. The van der Waals surface area contributed by atoms with Gasteiger partial charge in [-0.2, -0.15) is 13.2 Å². The number of halogens is 3. The summed E-state index contributed by atoms with van der Waals surface area (Å²) in [4.78, 5) is 18.1. The monoisotopic (exact) mass is 391 g/mol. The van der Waals surface area contributed by atoms with Crippen LogP contribution >= 0.6 is 0 Å². The third kappa shape index (κ3) is 3.60. The standard InChI is InChI=1S/C21H24F3N3O/c1-12(15-5-7-16(8-6-15)21(22,23)24)27-13(2)26-17-9-10-25-18(11-14-3-4-14)19(17)20(27)28/h5-8,12,14,18,25H,3-4,9-11H2,1-2H3. The molecule has 2 aliphatic rings. The van der Waals surface area contributed by atoms with Crippen molar-refractivity contribution in [2.75, 3.05) is 6.54 Å². The van der Waals surface area contributed by atoms with Gasteiger partial charge in [0, 0.05) is 19.0 Å². The van der Waals surface area contributed by atoms with Crippen molar-refractivity contribution in [3.8, 4) is 0 Å². The molecule has 4 nitrogen and oxygen atoms in total. The summed E-state index contributed by atoms with van der Waals surface area (Å²) < 4.78 is 40.1. The molecule has 2 heterocycles. The van der Waals surface area contributed by atoms with Gasteiger partial charge in [0.05, 0.1) is 22.9 Å². The Morgan fingerprint density at radius 2 is 1.93 bits per heavy atom. The van der Waals surface area contributed by atoms with E-state index in [1.807, 2.05) is 6.92 Å². The van der Waals surface area contributed by atoms with E-state index in [9.17, 15) is 18.0 Å². The molecule has 1 aromatic carbocycles. The molecule has 1 saturated carbocycles. The number of alkyl halides is 3. The number of rotatable bonds is 4. The van der Waals surface area contributed by atoms with E-state index in [1.54, 1.807) is 11.5 Å². The highest BCUT2D eigenvalue weighted by Gasteiger charge is 2.33. The molecule has 28 heavy (non-hydrogen) atoms. The summed E-state index contributed by atoms with van der Waals surface area (Å²) in [6.45, 7) is 4.44. The SMILES string of the molecule is Cc1nc2c(c(=O)n1C(C)c1ccc(C(F)(F)F)cc1)C(CC1CC1)NCC2. The molecule has 1 aliphatic heterocycles. The van der Waals surface area contributed by atoms with Crippen molar-refractivity contribution in [2.24, 2.45) is 5.92 Å². The third-order valence-corrected chi connectivity index (χ3v) is 5.88. The number of hydrogen-bond donors (Lipinski definition) is 1. The second-order valence-electron chi connectivity index (χ2n) is 7.93. The zero-order valence-corrected chi connectivity index (χ0v) is 16.0. The van der Waals surface area contributed by atoms with Crippen molar-refractivity contribution < 1.29 is 13.2 Å². The quantitative estimate of drug-likeness (QED) is 0.851. The van der Waals surface area contributed by atoms with E-state index in [4.69, 9.17) is 4.98 Å². The Labute approximate surface area is 161 Å². The highest BCUT2D eigenvalue weighted by molar-refractivity contribution is 5.30. The topological polar surface area (TPSA) is 46.9 Å². The average molecular weight is 391 g/mol. The summed E-state index contributed by atoms with van der Waals surface area (Å²) in [7, 11) is 0. The lowest BCUT2D eigenvalue weighted by Crippen LogP contribution is -2.40. The summed E-state index contributed by atoms with van der Waals surface area (Å²) in [5.74, 6) is 1.27. The molecule has 0 radical (unpaired) electrons. The fraction of sp³-hybridized carbons (Fsp3) is 0.524. The van der Waals surface area contributed by atoms with Crippen LogP contribution in [0.5, 0.6) is 0 Å². The zero-order chi connectivity index (χ0) is 20.1. The van der Waals surface area contributed by atoms with Crippen LogP contribution in [-0.4, -0.2) is 16.1 Å². The van der Waals surface area contributed by atoms with Gasteiger partial charge >= 0.3 is 6.18 Å². The van der Waals surface area contributed by atoms with Crippen LogP contribution in [0.25, 0.3) is 0 Å².